The van der Waals surface area contributed by atoms with E-state index in [2.05, 4.69) is 6.92 Å². The van der Waals surface area contributed by atoms with Gasteiger partial charge in [-0.1, -0.05) is 19.8 Å². The summed E-state index contributed by atoms with van der Waals surface area (Å²) in [6.45, 7) is 2.13. The zero-order valence-corrected chi connectivity index (χ0v) is 12.7. The minimum atomic E-state index is -0.596. The molecule has 0 spiro atoms. The van der Waals surface area contributed by atoms with E-state index in [1.165, 1.54) is 0 Å². The summed E-state index contributed by atoms with van der Waals surface area (Å²) in [4.78, 5) is 0. The number of aliphatic hydroxyl groups excluding tert-OH is 1. The number of aliphatic hydroxyl groups is 1. The van der Waals surface area contributed by atoms with Crippen LogP contribution in [0.2, 0.25) is 0 Å². The first-order valence-electron chi connectivity index (χ1n) is 7.03. The predicted octanol–water partition coefficient (Wildman–Crippen LogP) is 3.33. The van der Waals surface area contributed by atoms with Crippen molar-refractivity contribution in [3.8, 4) is 17.2 Å². The van der Waals surface area contributed by atoms with Gasteiger partial charge < -0.3 is 19.3 Å². The molecule has 2 rings (SSSR count). The molecule has 1 fully saturated rings. The normalized spacial score (nSPS) is 18.6. The Labute approximate surface area is 120 Å². The van der Waals surface area contributed by atoms with E-state index in [1.807, 2.05) is 0 Å². The summed E-state index contributed by atoms with van der Waals surface area (Å²) in [6.07, 6.45) is 3.77. The van der Waals surface area contributed by atoms with E-state index in [-0.39, 0.29) is 5.41 Å². The van der Waals surface area contributed by atoms with Crippen molar-refractivity contribution in [1.82, 2.24) is 0 Å². The number of rotatable bonds is 5. The van der Waals surface area contributed by atoms with Gasteiger partial charge in [0.1, 0.15) is 17.2 Å². The van der Waals surface area contributed by atoms with Gasteiger partial charge in [0.25, 0.3) is 0 Å². The molecule has 1 aromatic carbocycles. The smallest absolute Gasteiger partial charge is 0.132 e. The van der Waals surface area contributed by atoms with Crippen molar-refractivity contribution in [3.05, 3.63) is 17.7 Å². The molecule has 1 N–H and O–H groups in total. The third-order valence-corrected chi connectivity index (χ3v) is 4.43. The lowest BCUT2D eigenvalue weighted by Crippen LogP contribution is -2.23. The highest BCUT2D eigenvalue weighted by atomic mass is 16.5. The summed E-state index contributed by atoms with van der Waals surface area (Å²) < 4.78 is 16.1. The number of hydrogen-bond donors (Lipinski definition) is 1. The van der Waals surface area contributed by atoms with E-state index >= 15 is 0 Å². The van der Waals surface area contributed by atoms with Crippen LogP contribution >= 0.6 is 0 Å². The maximum Gasteiger partial charge on any atom is 0.132 e. The zero-order chi connectivity index (χ0) is 14.8. The Kier molecular flexibility index (Phi) is 4.43. The van der Waals surface area contributed by atoms with Gasteiger partial charge in [0.15, 0.2) is 0 Å². The van der Waals surface area contributed by atoms with E-state index < -0.39 is 6.10 Å². The molecule has 0 saturated heterocycles. The van der Waals surface area contributed by atoms with Gasteiger partial charge in [0.05, 0.1) is 33.0 Å². The van der Waals surface area contributed by atoms with Crippen molar-refractivity contribution < 1.29 is 19.3 Å². The fraction of sp³-hybridized carbons (Fsp3) is 0.625. The Morgan fingerprint density at radius 1 is 1.00 bits per heavy atom. The fourth-order valence-electron chi connectivity index (χ4n) is 3.11. The molecule has 0 bridgehead atoms. The van der Waals surface area contributed by atoms with E-state index in [0.29, 0.717) is 17.2 Å². The number of methoxy groups -OCH3 is 3. The van der Waals surface area contributed by atoms with Crippen molar-refractivity contribution in [2.45, 2.75) is 38.7 Å². The first-order chi connectivity index (χ1) is 9.55. The van der Waals surface area contributed by atoms with Gasteiger partial charge in [-0.25, -0.2) is 0 Å². The molecule has 1 saturated carbocycles. The minimum Gasteiger partial charge on any atom is -0.496 e. The second-order valence-electron chi connectivity index (χ2n) is 5.71. The molecule has 1 aliphatic carbocycles. The molecule has 1 unspecified atom stereocenters. The molecule has 4 nitrogen and oxygen atoms in total. The number of benzene rings is 1. The number of ether oxygens (including phenoxy) is 3. The lowest BCUT2D eigenvalue weighted by atomic mass is 9.78. The van der Waals surface area contributed by atoms with Crippen LogP contribution in [-0.2, 0) is 0 Å². The topological polar surface area (TPSA) is 47.9 Å². The Morgan fingerprint density at radius 3 is 1.90 bits per heavy atom. The van der Waals surface area contributed by atoms with Crippen LogP contribution in [0.5, 0.6) is 17.2 Å². The standard InChI is InChI=1S/C16H24O4/c1-16(7-5-6-8-16)15(17)14-12(19-3)9-11(18-2)10-13(14)20-4/h9-10,15,17H,5-8H2,1-4H3. The van der Waals surface area contributed by atoms with Crippen molar-refractivity contribution in [2.75, 3.05) is 21.3 Å². The maximum absolute atomic E-state index is 10.9. The monoisotopic (exact) mass is 280 g/mol. The van der Waals surface area contributed by atoms with E-state index in [1.54, 1.807) is 33.5 Å². The van der Waals surface area contributed by atoms with Gasteiger partial charge >= 0.3 is 0 Å². The molecule has 0 radical (unpaired) electrons. The van der Waals surface area contributed by atoms with Crippen LogP contribution in [0.4, 0.5) is 0 Å². The third-order valence-electron chi connectivity index (χ3n) is 4.43. The molecular weight excluding hydrogens is 256 g/mol. The third kappa shape index (κ3) is 2.57. The van der Waals surface area contributed by atoms with E-state index in [0.717, 1.165) is 31.2 Å². The molecule has 4 heteroatoms. The molecule has 0 aliphatic heterocycles. The summed E-state index contributed by atoms with van der Waals surface area (Å²) in [6, 6.07) is 3.58. The summed E-state index contributed by atoms with van der Waals surface area (Å²) in [7, 11) is 4.80. The average molecular weight is 280 g/mol. The largest absolute Gasteiger partial charge is 0.496 e. The predicted molar refractivity (Wildman–Crippen MR) is 77.6 cm³/mol. The summed E-state index contributed by atoms with van der Waals surface area (Å²) in [5.74, 6) is 1.88. The van der Waals surface area contributed by atoms with E-state index in [4.69, 9.17) is 14.2 Å². The molecule has 0 heterocycles. The van der Waals surface area contributed by atoms with Crippen LogP contribution in [0.15, 0.2) is 12.1 Å². The van der Waals surface area contributed by atoms with Crippen LogP contribution in [0.3, 0.4) is 0 Å². The lowest BCUT2D eigenvalue weighted by Gasteiger charge is -2.32. The highest BCUT2D eigenvalue weighted by molar-refractivity contribution is 5.52. The van der Waals surface area contributed by atoms with Crippen LogP contribution in [0.25, 0.3) is 0 Å². The van der Waals surface area contributed by atoms with Gasteiger partial charge in [0, 0.05) is 12.1 Å². The fourth-order valence-corrected chi connectivity index (χ4v) is 3.11. The molecule has 0 aromatic heterocycles. The first kappa shape index (κ1) is 15.0. The van der Waals surface area contributed by atoms with Crippen molar-refractivity contribution in [3.63, 3.8) is 0 Å². The second-order valence-corrected chi connectivity index (χ2v) is 5.71. The lowest BCUT2D eigenvalue weighted by molar-refractivity contribution is 0.0368. The average Bonchev–Trinajstić information content (AvgIpc) is 2.92. The summed E-state index contributed by atoms with van der Waals surface area (Å²) in [5, 5.41) is 10.9. The molecule has 20 heavy (non-hydrogen) atoms. The summed E-state index contributed by atoms with van der Waals surface area (Å²) >= 11 is 0. The van der Waals surface area contributed by atoms with Crippen molar-refractivity contribution >= 4 is 0 Å². The van der Waals surface area contributed by atoms with Crippen LogP contribution in [0.1, 0.15) is 44.3 Å². The van der Waals surface area contributed by atoms with Gasteiger partial charge in [0.2, 0.25) is 0 Å². The Bertz CT molecular complexity index is 439. The maximum atomic E-state index is 10.9. The van der Waals surface area contributed by atoms with Gasteiger partial charge in [-0.2, -0.15) is 0 Å². The van der Waals surface area contributed by atoms with Crippen molar-refractivity contribution in [1.29, 1.82) is 0 Å². The Balaban J connectivity index is 2.48. The van der Waals surface area contributed by atoms with Crippen molar-refractivity contribution in [2.24, 2.45) is 5.41 Å². The molecule has 1 atom stereocenters. The SMILES string of the molecule is COc1cc(OC)c(C(O)C2(C)CCCC2)c(OC)c1. The molecule has 0 amide bonds. The van der Waals surface area contributed by atoms with Crippen LogP contribution < -0.4 is 14.2 Å². The first-order valence-corrected chi connectivity index (χ1v) is 7.03. The Hall–Kier alpha value is -1.42. The van der Waals surface area contributed by atoms with Gasteiger partial charge in [-0.3, -0.25) is 0 Å². The minimum absolute atomic E-state index is 0.116. The van der Waals surface area contributed by atoms with Crippen LogP contribution in [-0.4, -0.2) is 26.4 Å². The number of hydrogen-bond acceptors (Lipinski definition) is 4. The van der Waals surface area contributed by atoms with E-state index in [9.17, 15) is 5.11 Å². The molecule has 1 aliphatic rings. The van der Waals surface area contributed by atoms with Gasteiger partial charge in [-0.05, 0) is 18.3 Å². The highest BCUT2D eigenvalue weighted by Gasteiger charge is 2.39. The Morgan fingerprint density at radius 2 is 1.50 bits per heavy atom. The molecule has 112 valence electrons. The zero-order valence-electron chi connectivity index (χ0n) is 12.7. The quantitative estimate of drug-likeness (QED) is 0.898. The van der Waals surface area contributed by atoms with Crippen LogP contribution in [0, 0.1) is 5.41 Å². The molecule has 1 aromatic rings. The summed E-state index contributed by atoms with van der Waals surface area (Å²) in [5.41, 5.74) is 0.606. The second kappa shape index (κ2) is 5.92. The van der Waals surface area contributed by atoms with Gasteiger partial charge in [-0.15, -0.1) is 0 Å². The highest BCUT2D eigenvalue weighted by Crippen LogP contribution is 2.51. The molecular formula is C16H24O4.